The van der Waals surface area contributed by atoms with Crippen molar-refractivity contribution >= 4 is 6.09 Å². The number of carbonyl (C=O) groups excluding carboxylic acids is 1. The van der Waals surface area contributed by atoms with Crippen molar-refractivity contribution in [2.75, 3.05) is 41.7 Å². The molecule has 2 aromatic rings. The number of nitrogens with one attached hydrogen (secondary N) is 1. The Balaban J connectivity index is 2.57. The number of amides is 1. The highest BCUT2D eigenvalue weighted by Crippen LogP contribution is 2.48. The monoisotopic (exact) mass is 712 g/mol. The number of alkyl carbamates (subject to hydrolysis) is 1. The molecule has 0 heterocycles. The van der Waals surface area contributed by atoms with Crippen LogP contribution >= 0.6 is 0 Å². The lowest BCUT2D eigenvalue weighted by molar-refractivity contribution is 0.0500. The topological polar surface area (TPSA) is 118 Å². The number of hydrogen-bond acceptors (Lipinski definition) is 9. The van der Waals surface area contributed by atoms with Gasteiger partial charge in [0, 0.05) is 11.6 Å². The van der Waals surface area contributed by atoms with E-state index in [9.17, 15) is 10.1 Å². The van der Waals surface area contributed by atoms with Gasteiger partial charge in [-0.05, 0) is 89.0 Å². The summed E-state index contributed by atoms with van der Waals surface area (Å²) < 4.78 is 41.2. The molecule has 0 aliphatic heterocycles. The lowest BCUT2D eigenvalue weighted by atomic mass is 9.69. The van der Waals surface area contributed by atoms with E-state index < -0.39 is 17.1 Å². The molecule has 51 heavy (non-hydrogen) atoms. The van der Waals surface area contributed by atoms with Gasteiger partial charge in [0.05, 0.1) is 53.1 Å². The molecule has 0 saturated carbocycles. The second-order valence-corrected chi connectivity index (χ2v) is 14.3. The average molecular weight is 713 g/mol. The van der Waals surface area contributed by atoms with Crippen LogP contribution in [0.15, 0.2) is 24.3 Å². The number of rotatable bonds is 23. The third kappa shape index (κ3) is 12.6. The molecule has 10 heteroatoms. The number of nitriles is 1. The molecule has 1 N–H and O–H groups in total. The van der Waals surface area contributed by atoms with Crippen LogP contribution in [-0.4, -0.2) is 59.4 Å². The highest BCUT2D eigenvalue weighted by Gasteiger charge is 2.37. The highest BCUT2D eigenvalue weighted by molar-refractivity contribution is 5.68. The fourth-order valence-electron chi connectivity index (χ4n) is 6.23. The van der Waals surface area contributed by atoms with Crippen LogP contribution in [0.2, 0.25) is 0 Å². The van der Waals surface area contributed by atoms with E-state index in [-0.39, 0.29) is 12.0 Å². The molecule has 0 fully saturated rings. The van der Waals surface area contributed by atoms with Gasteiger partial charge >= 0.3 is 6.09 Å². The number of methoxy groups -OCH3 is 4. The van der Waals surface area contributed by atoms with Crippen molar-refractivity contribution in [2.24, 2.45) is 5.92 Å². The molecular weight excluding hydrogens is 648 g/mol. The number of ether oxygens (including phenoxy) is 7. The Morgan fingerprint density at radius 3 is 1.94 bits per heavy atom. The smallest absolute Gasteiger partial charge is 0.407 e. The van der Waals surface area contributed by atoms with E-state index in [1.54, 1.807) is 28.4 Å². The van der Waals surface area contributed by atoms with Crippen LogP contribution in [0.25, 0.3) is 0 Å². The van der Waals surface area contributed by atoms with Crippen molar-refractivity contribution in [2.45, 2.75) is 130 Å². The quantitative estimate of drug-likeness (QED) is 0.112. The predicted octanol–water partition coefficient (Wildman–Crippen LogP) is 9.58. The Bertz CT molecular complexity index is 1400. The van der Waals surface area contributed by atoms with E-state index in [4.69, 9.17) is 33.2 Å². The lowest BCUT2D eigenvalue weighted by Gasteiger charge is -2.33. The maximum absolute atomic E-state index is 13.2. The zero-order valence-corrected chi connectivity index (χ0v) is 33.2. The Labute approximate surface area is 307 Å². The van der Waals surface area contributed by atoms with Gasteiger partial charge in [0.25, 0.3) is 0 Å². The summed E-state index contributed by atoms with van der Waals surface area (Å²) in [4.78, 5) is 13.2. The van der Waals surface area contributed by atoms with Gasteiger partial charge in [0.15, 0.2) is 23.0 Å². The van der Waals surface area contributed by atoms with Gasteiger partial charge < -0.3 is 38.5 Å². The van der Waals surface area contributed by atoms with Gasteiger partial charge in [-0.15, -0.1) is 0 Å². The highest BCUT2D eigenvalue weighted by atomic mass is 16.6. The second-order valence-electron chi connectivity index (χ2n) is 14.3. The van der Waals surface area contributed by atoms with Crippen LogP contribution in [0, 0.1) is 17.2 Å². The molecule has 1 amide bonds. The third-order valence-corrected chi connectivity index (χ3v) is 9.04. The minimum atomic E-state index is -0.799. The van der Waals surface area contributed by atoms with E-state index in [1.165, 1.54) is 0 Å². The molecule has 0 radical (unpaired) electrons. The maximum atomic E-state index is 13.2. The van der Waals surface area contributed by atoms with Crippen molar-refractivity contribution in [3.05, 3.63) is 35.4 Å². The van der Waals surface area contributed by atoms with Gasteiger partial charge in [-0.3, -0.25) is 0 Å². The van der Waals surface area contributed by atoms with Crippen LogP contribution in [0.5, 0.6) is 34.5 Å². The van der Waals surface area contributed by atoms with Gasteiger partial charge in [0.2, 0.25) is 11.5 Å². The van der Waals surface area contributed by atoms with Crippen molar-refractivity contribution in [1.29, 1.82) is 5.26 Å². The van der Waals surface area contributed by atoms with E-state index >= 15 is 0 Å². The first-order chi connectivity index (χ1) is 24.3. The van der Waals surface area contributed by atoms with E-state index in [1.807, 2.05) is 45.0 Å². The zero-order chi connectivity index (χ0) is 38.0. The van der Waals surface area contributed by atoms with Crippen molar-refractivity contribution in [3.8, 4) is 40.6 Å². The summed E-state index contributed by atoms with van der Waals surface area (Å²) in [6, 6.07) is 9.91. The first-order valence-electron chi connectivity index (χ1n) is 18.5. The van der Waals surface area contributed by atoms with Gasteiger partial charge in [-0.1, -0.05) is 59.4 Å². The van der Waals surface area contributed by atoms with Crippen molar-refractivity contribution in [1.82, 2.24) is 5.32 Å². The summed E-state index contributed by atoms with van der Waals surface area (Å²) in [5.41, 5.74) is 0.214. The van der Waals surface area contributed by atoms with Crippen LogP contribution < -0.4 is 33.7 Å². The predicted molar refractivity (Wildman–Crippen MR) is 202 cm³/mol. The summed E-state index contributed by atoms with van der Waals surface area (Å²) in [6.07, 6.45) is 7.69. The van der Waals surface area contributed by atoms with Crippen LogP contribution in [0.3, 0.4) is 0 Å². The summed E-state index contributed by atoms with van der Waals surface area (Å²) in [6.45, 7) is 15.0. The lowest BCUT2D eigenvalue weighted by Crippen LogP contribution is -2.40. The standard InChI is InChI=1S/C41H64N2O8/c1-12-14-16-23-49-35-26-30(36(50-24-17-15-13-2)38(48-11)37(35)47-10)25-32(43-39(44)51-40(5,6)7)19-18-22-41(28-42,29(3)4)31-20-21-33(45-8)34(27-31)46-9/h20-21,26-27,29,32H,12-19,22-25H2,1-11H3,(H,43,44)/t32-,41?/m1/s1. The van der Waals surface area contributed by atoms with Gasteiger partial charge in [0.1, 0.15) is 5.60 Å². The SMILES string of the molecule is CCCCCOc1cc(C[C@@H](CCCC(C#N)(c2ccc(OC)c(OC)c2)C(C)C)NC(=O)OC(C)(C)C)c(OCCCCC)c(OC)c1OC. The Hall–Kier alpha value is -4.00. The molecule has 0 bridgehead atoms. The number of hydrogen-bond donors (Lipinski definition) is 1. The Morgan fingerprint density at radius 1 is 0.784 bits per heavy atom. The Morgan fingerprint density at radius 2 is 1.41 bits per heavy atom. The number of nitrogens with zero attached hydrogens (tertiary/aromatic N) is 1. The fraction of sp³-hybridized carbons (Fsp3) is 0.659. The number of benzene rings is 2. The number of carbonyl (C=O) groups is 1. The summed E-state index contributed by atoms with van der Waals surface area (Å²) in [5, 5.41) is 13.8. The van der Waals surface area contributed by atoms with Crippen LogP contribution in [-0.2, 0) is 16.6 Å². The third-order valence-electron chi connectivity index (χ3n) is 9.04. The van der Waals surface area contributed by atoms with Crippen molar-refractivity contribution < 1.29 is 38.0 Å². The second kappa shape index (κ2) is 21.4. The zero-order valence-electron chi connectivity index (χ0n) is 33.2. The van der Waals surface area contributed by atoms with E-state index in [0.717, 1.165) is 49.7 Å². The van der Waals surface area contributed by atoms with Crippen LogP contribution in [0.1, 0.15) is 117 Å². The molecule has 2 rings (SSSR count). The molecule has 0 aliphatic carbocycles. The van der Waals surface area contributed by atoms with E-state index in [2.05, 4.69) is 39.1 Å². The molecule has 286 valence electrons. The van der Waals surface area contributed by atoms with E-state index in [0.29, 0.717) is 73.4 Å². The largest absolute Gasteiger partial charge is 0.493 e. The fourth-order valence-corrected chi connectivity index (χ4v) is 6.23. The van der Waals surface area contributed by atoms with Crippen molar-refractivity contribution in [3.63, 3.8) is 0 Å². The average Bonchev–Trinajstić information content (AvgIpc) is 3.09. The first kappa shape index (κ1) is 43.2. The molecule has 0 aliphatic rings. The minimum Gasteiger partial charge on any atom is -0.493 e. The maximum Gasteiger partial charge on any atom is 0.407 e. The number of unbranched alkanes of at least 4 members (excludes halogenated alkanes) is 4. The Kier molecular flexibility index (Phi) is 18.1. The molecule has 10 nitrogen and oxygen atoms in total. The van der Waals surface area contributed by atoms with Crippen LogP contribution in [0.4, 0.5) is 4.79 Å². The molecule has 0 spiro atoms. The molecular formula is C41H64N2O8. The van der Waals surface area contributed by atoms with Gasteiger partial charge in [-0.2, -0.15) is 5.26 Å². The van der Waals surface area contributed by atoms with Gasteiger partial charge in [-0.25, -0.2) is 4.79 Å². The summed E-state index contributed by atoms with van der Waals surface area (Å²) >= 11 is 0. The molecule has 2 atom stereocenters. The molecule has 0 aromatic heterocycles. The minimum absolute atomic E-state index is 0.000691. The molecule has 1 unspecified atom stereocenters. The molecule has 0 saturated heterocycles. The first-order valence-corrected chi connectivity index (χ1v) is 18.5. The normalized spacial score (nSPS) is 13.1. The summed E-state index contributed by atoms with van der Waals surface area (Å²) in [5.74, 6) is 3.26. The molecule has 2 aromatic carbocycles. The summed E-state index contributed by atoms with van der Waals surface area (Å²) in [7, 11) is 6.38.